The van der Waals surface area contributed by atoms with Crippen LogP contribution in [0.1, 0.15) is 48.3 Å². The molecule has 2 N–H and O–H groups in total. The number of imidazole rings is 2. The molecule has 0 aliphatic heterocycles. The van der Waals surface area contributed by atoms with E-state index >= 15 is 0 Å². The molecule has 2 rings (SSSR count). The Bertz CT molecular complexity index is 576. The van der Waals surface area contributed by atoms with Gasteiger partial charge in [0.25, 0.3) is 0 Å². The molecule has 0 aromatic carbocycles. The zero-order valence-electron chi connectivity index (χ0n) is 12.4. The number of hydrogen-bond donors (Lipinski definition) is 2. The lowest BCUT2D eigenvalue weighted by Crippen LogP contribution is -1.87. The van der Waals surface area contributed by atoms with Gasteiger partial charge in [-0.05, 0) is 13.8 Å². The van der Waals surface area contributed by atoms with E-state index in [0.717, 1.165) is 47.3 Å². The maximum absolute atomic E-state index is 4.41. The van der Waals surface area contributed by atoms with Crippen LogP contribution in [-0.2, 0) is 12.8 Å². The molecular weight excluding hydrogens is 252 g/mol. The minimum absolute atomic E-state index is 0.826. The van der Waals surface area contributed by atoms with Gasteiger partial charge in [0.1, 0.15) is 23.0 Å². The lowest BCUT2D eigenvalue weighted by atomic mass is 10.4. The summed E-state index contributed by atoms with van der Waals surface area (Å²) in [4.78, 5) is 15.2. The molecule has 2 aromatic heterocycles. The van der Waals surface area contributed by atoms with Crippen molar-refractivity contribution in [1.82, 2.24) is 19.9 Å². The Morgan fingerprint density at radius 2 is 1.25 bits per heavy atom. The summed E-state index contributed by atoms with van der Waals surface area (Å²) in [6.07, 6.45) is 5.07. The van der Waals surface area contributed by atoms with Crippen LogP contribution in [0.2, 0.25) is 0 Å². The molecule has 6 heteroatoms. The minimum Gasteiger partial charge on any atom is -0.346 e. The molecule has 6 nitrogen and oxygen atoms in total. The summed E-state index contributed by atoms with van der Waals surface area (Å²) in [5, 5.41) is 8.06. The van der Waals surface area contributed by atoms with Crippen molar-refractivity contribution in [3.8, 4) is 0 Å². The fourth-order valence-electron chi connectivity index (χ4n) is 1.84. The zero-order chi connectivity index (χ0) is 14.5. The van der Waals surface area contributed by atoms with Crippen LogP contribution in [0.5, 0.6) is 0 Å². The first-order valence-corrected chi connectivity index (χ1v) is 6.81. The standard InChI is InChI=1S/C14H20N6/c1-5-13-17-9(3)11(19-13)7-15-16-8-12-10(4)18-14(6-2)20-12/h7-8H,5-6H2,1-4H3,(H,17,19)(H,18,20)/b15-7+,16-8+. The predicted molar refractivity (Wildman–Crippen MR) is 80.6 cm³/mol. The van der Waals surface area contributed by atoms with Gasteiger partial charge in [0, 0.05) is 24.2 Å². The van der Waals surface area contributed by atoms with E-state index in [9.17, 15) is 0 Å². The van der Waals surface area contributed by atoms with Gasteiger partial charge in [-0.2, -0.15) is 10.2 Å². The van der Waals surface area contributed by atoms with Crippen molar-refractivity contribution in [2.45, 2.75) is 40.5 Å². The van der Waals surface area contributed by atoms with Gasteiger partial charge < -0.3 is 9.97 Å². The summed E-state index contributed by atoms with van der Waals surface area (Å²) in [6.45, 7) is 8.07. The Morgan fingerprint density at radius 1 is 0.850 bits per heavy atom. The summed E-state index contributed by atoms with van der Waals surface area (Å²) >= 11 is 0. The normalized spacial score (nSPS) is 12.0. The molecule has 0 aliphatic rings. The second kappa shape index (κ2) is 6.27. The van der Waals surface area contributed by atoms with Crippen molar-refractivity contribution >= 4 is 12.4 Å². The van der Waals surface area contributed by atoms with Crippen LogP contribution in [0.3, 0.4) is 0 Å². The zero-order valence-corrected chi connectivity index (χ0v) is 12.4. The molecule has 106 valence electrons. The summed E-state index contributed by atoms with van der Waals surface area (Å²) in [5.74, 6) is 1.92. The van der Waals surface area contributed by atoms with E-state index in [0.29, 0.717) is 0 Å². The van der Waals surface area contributed by atoms with Crippen LogP contribution in [0, 0.1) is 13.8 Å². The van der Waals surface area contributed by atoms with Gasteiger partial charge >= 0.3 is 0 Å². The lowest BCUT2D eigenvalue weighted by Gasteiger charge is -1.86. The second-order valence-electron chi connectivity index (χ2n) is 4.58. The van der Waals surface area contributed by atoms with Crippen LogP contribution in [-0.4, -0.2) is 32.4 Å². The number of aromatic amines is 2. The predicted octanol–water partition coefficient (Wildman–Crippen LogP) is 2.33. The maximum atomic E-state index is 4.41. The van der Waals surface area contributed by atoms with Gasteiger partial charge in [-0.3, -0.25) is 0 Å². The molecule has 0 aliphatic carbocycles. The fourth-order valence-corrected chi connectivity index (χ4v) is 1.84. The second-order valence-corrected chi connectivity index (χ2v) is 4.58. The van der Waals surface area contributed by atoms with E-state index in [1.54, 1.807) is 12.4 Å². The minimum atomic E-state index is 0.826. The largest absolute Gasteiger partial charge is 0.346 e. The number of nitrogens with one attached hydrogen (secondary N) is 2. The molecule has 0 saturated carbocycles. The third kappa shape index (κ3) is 3.20. The van der Waals surface area contributed by atoms with Crippen LogP contribution < -0.4 is 0 Å². The first kappa shape index (κ1) is 14.2. The highest BCUT2D eigenvalue weighted by molar-refractivity contribution is 5.81. The molecule has 0 amide bonds. The number of hydrogen-bond acceptors (Lipinski definition) is 4. The molecule has 0 fully saturated rings. The Kier molecular flexibility index (Phi) is 4.45. The SMILES string of the molecule is CCc1nc(/C=N/N=C/c2nc(CC)[nH]c2C)c(C)[nH]1. The summed E-state index contributed by atoms with van der Waals surface area (Å²) in [7, 11) is 0. The van der Waals surface area contributed by atoms with Crippen LogP contribution >= 0.6 is 0 Å². The van der Waals surface area contributed by atoms with Crippen molar-refractivity contribution in [3.05, 3.63) is 34.4 Å². The van der Waals surface area contributed by atoms with Crippen molar-refractivity contribution in [2.75, 3.05) is 0 Å². The number of nitrogens with zero attached hydrogens (tertiary/aromatic N) is 4. The average molecular weight is 272 g/mol. The number of aromatic nitrogens is 4. The Balaban J connectivity index is 2.06. The molecule has 20 heavy (non-hydrogen) atoms. The average Bonchev–Trinajstić information content (AvgIpc) is 2.98. The van der Waals surface area contributed by atoms with Crippen molar-refractivity contribution < 1.29 is 0 Å². The van der Waals surface area contributed by atoms with E-state index in [1.165, 1.54) is 0 Å². The molecule has 0 radical (unpaired) electrons. The fraction of sp³-hybridized carbons (Fsp3) is 0.429. The summed E-state index contributed by atoms with van der Waals surface area (Å²) < 4.78 is 0. The number of aryl methyl sites for hydroxylation is 4. The van der Waals surface area contributed by atoms with Gasteiger partial charge in [-0.1, -0.05) is 13.8 Å². The molecular formula is C14H20N6. The maximum Gasteiger partial charge on any atom is 0.106 e. The quantitative estimate of drug-likeness (QED) is 0.647. The van der Waals surface area contributed by atoms with Crippen molar-refractivity contribution in [2.24, 2.45) is 10.2 Å². The highest BCUT2D eigenvalue weighted by atomic mass is 15.2. The third-order valence-corrected chi connectivity index (χ3v) is 3.04. The van der Waals surface area contributed by atoms with E-state index in [4.69, 9.17) is 0 Å². The first-order chi connectivity index (χ1) is 9.63. The molecule has 0 atom stereocenters. The van der Waals surface area contributed by atoms with Gasteiger partial charge in [-0.15, -0.1) is 0 Å². The van der Waals surface area contributed by atoms with Crippen molar-refractivity contribution in [3.63, 3.8) is 0 Å². The Morgan fingerprint density at radius 3 is 1.55 bits per heavy atom. The molecule has 2 aromatic rings. The van der Waals surface area contributed by atoms with E-state index < -0.39 is 0 Å². The van der Waals surface area contributed by atoms with E-state index in [2.05, 4.69) is 44.0 Å². The Hall–Kier alpha value is -2.24. The highest BCUT2D eigenvalue weighted by Crippen LogP contribution is 2.04. The molecule has 2 heterocycles. The molecule has 0 spiro atoms. The summed E-state index contributed by atoms with van der Waals surface area (Å²) in [6, 6.07) is 0. The lowest BCUT2D eigenvalue weighted by molar-refractivity contribution is 0.981. The van der Waals surface area contributed by atoms with Gasteiger partial charge in [-0.25, -0.2) is 9.97 Å². The molecule has 0 bridgehead atoms. The first-order valence-electron chi connectivity index (χ1n) is 6.81. The molecule has 0 saturated heterocycles. The third-order valence-electron chi connectivity index (χ3n) is 3.04. The van der Waals surface area contributed by atoms with Gasteiger partial charge in [0.05, 0.1) is 12.4 Å². The van der Waals surface area contributed by atoms with Crippen molar-refractivity contribution in [1.29, 1.82) is 0 Å². The topological polar surface area (TPSA) is 82.1 Å². The van der Waals surface area contributed by atoms with E-state index in [-0.39, 0.29) is 0 Å². The van der Waals surface area contributed by atoms with Gasteiger partial charge in [0.2, 0.25) is 0 Å². The number of rotatable bonds is 5. The monoisotopic (exact) mass is 272 g/mol. The highest BCUT2D eigenvalue weighted by Gasteiger charge is 2.03. The smallest absolute Gasteiger partial charge is 0.106 e. The van der Waals surface area contributed by atoms with Gasteiger partial charge in [0.15, 0.2) is 0 Å². The van der Waals surface area contributed by atoms with Crippen LogP contribution in [0.25, 0.3) is 0 Å². The van der Waals surface area contributed by atoms with Crippen LogP contribution in [0.15, 0.2) is 10.2 Å². The summed E-state index contributed by atoms with van der Waals surface area (Å²) in [5.41, 5.74) is 3.66. The van der Waals surface area contributed by atoms with Crippen LogP contribution in [0.4, 0.5) is 0 Å². The Labute approximate surface area is 118 Å². The molecule has 0 unspecified atom stereocenters. The van der Waals surface area contributed by atoms with E-state index in [1.807, 2.05) is 13.8 Å². The number of H-pyrrole nitrogens is 2.